The fourth-order valence-corrected chi connectivity index (χ4v) is 4.87. The van der Waals surface area contributed by atoms with E-state index in [0.29, 0.717) is 24.8 Å². The molecule has 31 heavy (non-hydrogen) atoms. The van der Waals surface area contributed by atoms with E-state index in [1.54, 1.807) is 0 Å². The predicted molar refractivity (Wildman–Crippen MR) is 116 cm³/mol. The number of carbonyl (C=O) groups is 2. The highest BCUT2D eigenvalue weighted by Gasteiger charge is 2.25. The van der Waals surface area contributed by atoms with Gasteiger partial charge in [0.1, 0.15) is 13.2 Å². The minimum absolute atomic E-state index is 0.194. The van der Waals surface area contributed by atoms with Crippen LogP contribution in [-0.2, 0) is 35.7 Å². The molecule has 1 N–H and O–H groups in total. The van der Waals surface area contributed by atoms with E-state index in [1.807, 2.05) is 18.2 Å². The molecule has 3 aliphatic heterocycles. The highest BCUT2D eigenvalue weighted by molar-refractivity contribution is 5.94. The standard InChI is InChI=1S/C25H28N2O4/c1-16-18(3-5-22-23(16)15-31-25(22)29)6-9-27-10-7-20(8-11-27)26-13-17-2-4-21-19(12-17)14-30-24(21)28/h2-5,12,20,26H,6-11,13-15H2,1H3. The molecule has 0 spiro atoms. The zero-order chi connectivity index (χ0) is 21.4. The second-order valence-corrected chi connectivity index (χ2v) is 8.77. The van der Waals surface area contributed by atoms with Gasteiger partial charge in [-0.3, -0.25) is 0 Å². The Labute approximate surface area is 182 Å². The second kappa shape index (κ2) is 8.44. The summed E-state index contributed by atoms with van der Waals surface area (Å²) in [5.74, 6) is -0.403. The van der Waals surface area contributed by atoms with Gasteiger partial charge in [0.15, 0.2) is 0 Å². The fraction of sp³-hybridized carbons (Fsp3) is 0.440. The number of cyclic esters (lactones) is 2. The van der Waals surface area contributed by atoms with Gasteiger partial charge in [-0.1, -0.05) is 18.2 Å². The van der Waals surface area contributed by atoms with Crippen LogP contribution in [0.15, 0.2) is 30.3 Å². The van der Waals surface area contributed by atoms with E-state index < -0.39 is 0 Å². The van der Waals surface area contributed by atoms with Crippen molar-refractivity contribution in [2.24, 2.45) is 0 Å². The van der Waals surface area contributed by atoms with Gasteiger partial charge in [0, 0.05) is 30.3 Å². The van der Waals surface area contributed by atoms with Crippen LogP contribution in [0.2, 0.25) is 0 Å². The first-order valence-electron chi connectivity index (χ1n) is 11.1. The van der Waals surface area contributed by atoms with Gasteiger partial charge in [0.05, 0.1) is 11.1 Å². The maximum atomic E-state index is 11.7. The lowest BCUT2D eigenvalue weighted by Crippen LogP contribution is -2.42. The highest BCUT2D eigenvalue weighted by atomic mass is 16.5. The molecule has 6 nitrogen and oxygen atoms in total. The molecule has 0 atom stereocenters. The third-order valence-corrected chi connectivity index (χ3v) is 6.91. The highest BCUT2D eigenvalue weighted by Crippen LogP contribution is 2.26. The molecule has 3 heterocycles. The van der Waals surface area contributed by atoms with Crippen LogP contribution in [0.1, 0.15) is 61.4 Å². The summed E-state index contributed by atoms with van der Waals surface area (Å²) in [5, 5.41) is 3.68. The molecule has 2 aromatic rings. The van der Waals surface area contributed by atoms with E-state index in [0.717, 1.165) is 62.1 Å². The van der Waals surface area contributed by atoms with Gasteiger partial charge in [-0.2, -0.15) is 0 Å². The molecule has 1 fully saturated rings. The summed E-state index contributed by atoms with van der Waals surface area (Å²) in [5.41, 5.74) is 7.22. The molecule has 1 saturated heterocycles. The van der Waals surface area contributed by atoms with Gasteiger partial charge in [0.2, 0.25) is 0 Å². The summed E-state index contributed by atoms with van der Waals surface area (Å²) in [6.07, 6.45) is 3.28. The number of fused-ring (bicyclic) bond motifs is 2. The number of piperidine rings is 1. The van der Waals surface area contributed by atoms with Crippen molar-refractivity contribution in [1.82, 2.24) is 10.2 Å². The van der Waals surface area contributed by atoms with Crippen molar-refractivity contribution in [2.45, 2.75) is 52.0 Å². The van der Waals surface area contributed by atoms with Gasteiger partial charge in [0.25, 0.3) is 0 Å². The second-order valence-electron chi connectivity index (χ2n) is 8.77. The summed E-state index contributed by atoms with van der Waals surface area (Å²) in [7, 11) is 0. The van der Waals surface area contributed by atoms with Crippen LogP contribution in [-0.4, -0.2) is 42.5 Å². The zero-order valence-electron chi connectivity index (χ0n) is 17.9. The normalized spacial score (nSPS) is 18.6. The number of likely N-dealkylation sites (tertiary alicyclic amines) is 1. The molecule has 0 aliphatic carbocycles. The maximum absolute atomic E-state index is 11.7. The molecule has 3 aliphatic rings. The van der Waals surface area contributed by atoms with Crippen molar-refractivity contribution >= 4 is 11.9 Å². The van der Waals surface area contributed by atoms with Crippen LogP contribution in [0.3, 0.4) is 0 Å². The molecule has 5 rings (SSSR count). The van der Waals surface area contributed by atoms with Gasteiger partial charge >= 0.3 is 11.9 Å². The Morgan fingerprint density at radius 1 is 1.00 bits per heavy atom. The number of nitrogens with zero attached hydrogens (tertiary/aromatic N) is 1. The zero-order valence-corrected chi connectivity index (χ0v) is 17.9. The monoisotopic (exact) mass is 420 g/mol. The van der Waals surface area contributed by atoms with E-state index in [1.165, 1.54) is 16.7 Å². The number of esters is 2. The van der Waals surface area contributed by atoms with Crippen LogP contribution >= 0.6 is 0 Å². The quantitative estimate of drug-likeness (QED) is 0.725. The average molecular weight is 421 g/mol. The molecular formula is C25H28N2O4. The number of ether oxygens (including phenoxy) is 2. The van der Waals surface area contributed by atoms with Crippen molar-refractivity contribution in [1.29, 1.82) is 0 Å². The lowest BCUT2D eigenvalue weighted by molar-refractivity contribution is 0.0526. The first kappa shape index (κ1) is 20.2. The van der Waals surface area contributed by atoms with Gasteiger partial charge < -0.3 is 19.7 Å². The van der Waals surface area contributed by atoms with Crippen LogP contribution in [0.25, 0.3) is 0 Å². The Morgan fingerprint density at radius 3 is 2.58 bits per heavy atom. The summed E-state index contributed by atoms with van der Waals surface area (Å²) in [4.78, 5) is 25.8. The molecular weight excluding hydrogens is 392 g/mol. The van der Waals surface area contributed by atoms with E-state index in [4.69, 9.17) is 9.47 Å². The lowest BCUT2D eigenvalue weighted by atomic mass is 9.96. The van der Waals surface area contributed by atoms with Crippen LogP contribution in [0, 0.1) is 6.92 Å². The van der Waals surface area contributed by atoms with Crippen LogP contribution in [0.5, 0.6) is 0 Å². The molecule has 0 unspecified atom stereocenters. The number of hydrogen-bond donors (Lipinski definition) is 1. The van der Waals surface area contributed by atoms with Gasteiger partial charge in [-0.05, 0) is 68.1 Å². The minimum atomic E-state index is -0.209. The fourth-order valence-electron chi connectivity index (χ4n) is 4.87. The van der Waals surface area contributed by atoms with Crippen molar-refractivity contribution in [3.63, 3.8) is 0 Å². The smallest absolute Gasteiger partial charge is 0.338 e. The maximum Gasteiger partial charge on any atom is 0.338 e. The molecule has 0 bridgehead atoms. The Morgan fingerprint density at radius 2 is 1.74 bits per heavy atom. The Bertz CT molecular complexity index is 1020. The Kier molecular flexibility index (Phi) is 5.50. The van der Waals surface area contributed by atoms with E-state index in [9.17, 15) is 9.59 Å². The number of nitrogens with one attached hydrogen (secondary N) is 1. The number of rotatable bonds is 6. The molecule has 2 aromatic carbocycles. The topological polar surface area (TPSA) is 67.9 Å². The molecule has 162 valence electrons. The summed E-state index contributed by atoms with van der Waals surface area (Å²) < 4.78 is 10.3. The summed E-state index contributed by atoms with van der Waals surface area (Å²) >= 11 is 0. The number of hydrogen-bond acceptors (Lipinski definition) is 6. The van der Waals surface area contributed by atoms with E-state index in [-0.39, 0.29) is 11.9 Å². The Balaban J connectivity index is 1.08. The van der Waals surface area contributed by atoms with Crippen molar-refractivity contribution < 1.29 is 19.1 Å². The molecule has 6 heteroatoms. The molecule has 0 aromatic heterocycles. The van der Waals surface area contributed by atoms with E-state index >= 15 is 0 Å². The van der Waals surface area contributed by atoms with Gasteiger partial charge in [-0.15, -0.1) is 0 Å². The first-order valence-corrected chi connectivity index (χ1v) is 11.1. The van der Waals surface area contributed by atoms with Crippen LogP contribution in [0.4, 0.5) is 0 Å². The SMILES string of the molecule is Cc1c(CCN2CCC(NCc3ccc4c(c3)COC4=O)CC2)ccc2c1COC2=O. The van der Waals surface area contributed by atoms with Crippen molar-refractivity contribution in [2.75, 3.05) is 19.6 Å². The molecule has 0 saturated carbocycles. The van der Waals surface area contributed by atoms with Crippen molar-refractivity contribution in [3.8, 4) is 0 Å². The summed E-state index contributed by atoms with van der Waals surface area (Å²) in [6.45, 7) is 6.96. The lowest BCUT2D eigenvalue weighted by Gasteiger charge is -2.32. The number of benzene rings is 2. The summed E-state index contributed by atoms with van der Waals surface area (Å²) in [6, 6.07) is 10.5. The van der Waals surface area contributed by atoms with Crippen molar-refractivity contribution in [3.05, 3.63) is 69.3 Å². The average Bonchev–Trinajstić information content (AvgIpc) is 3.35. The third-order valence-electron chi connectivity index (χ3n) is 6.91. The largest absolute Gasteiger partial charge is 0.457 e. The predicted octanol–water partition coefficient (Wildman–Crippen LogP) is 3.13. The third kappa shape index (κ3) is 4.10. The van der Waals surface area contributed by atoms with Gasteiger partial charge in [-0.25, -0.2) is 9.59 Å². The number of carbonyl (C=O) groups excluding carboxylic acids is 2. The first-order chi connectivity index (χ1) is 15.1. The van der Waals surface area contributed by atoms with Crippen LogP contribution < -0.4 is 5.32 Å². The Hall–Kier alpha value is -2.70. The molecule has 0 amide bonds. The molecule has 0 radical (unpaired) electrons. The van der Waals surface area contributed by atoms with E-state index in [2.05, 4.69) is 29.3 Å². The minimum Gasteiger partial charge on any atom is -0.457 e.